The van der Waals surface area contributed by atoms with E-state index < -0.39 is 0 Å². The fraction of sp³-hybridized carbons (Fsp3) is 0.429. The Morgan fingerprint density at radius 2 is 2.17 bits per heavy atom. The van der Waals surface area contributed by atoms with E-state index in [4.69, 9.17) is 5.26 Å². The minimum absolute atomic E-state index is 0.603. The van der Waals surface area contributed by atoms with E-state index >= 15 is 0 Å². The summed E-state index contributed by atoms with van der Waals surface area (Å²) in [5.41, 5.74) is 1.67. The Hall–Kier alpha value is -1.47. The van der Waals surface area contributed by atoms with Crippen molar-refractivity contribution in [1.29, 1.82) is 5.26 Å². The van der Waals surface area contributed by atoms with Gasteiger partial charge in [0.15, 0.2) is 5.17 Å². The lowest BCUT2D eigenvalue weighted by Gasteiger charge is -2.11. The summed E-state index contributed by atoms with van der Waals surface area (Å²) in [5.74, 6) is 0.715. The van der Waals surface area contributed by atoms with Crippen LogP contribution < -0.4 is 5.32 Å². The Kier molecular flexibility index (Phi) is 4.27. The van der Waals surface area contributed by atoms with Crippen LogP contribution in [0, 0.1) is 17.2 Å². The van der Waals surface area contributed by atoms with Gasteiger partial charge in [-0.05, 0) is 36.6 Å². The van der Waals surface area contributed by atoms with Crippen LogP contribution in [0.3, 0.4) is 0 Å². The maximum absolute atomic E-state index is 8.73. The molecule has 0 bridgehead atoms. The predicted molar refractivity (Wildman–Crippen MR) is 77.9 cm³/mol. The molecule has 1 aromatic rings. The number of nitrogens with one attached hydrogen (secondary N) is 1. The molecule has 1 N–H and O–H groups in total. The van der Waals surface area contributed by atoms with Gasteiger partial charge in [-0.2, -0.15) is 5.26 Å². The van der Waals surface area contributed by atoms with E-state index in [-0.39, 0.29) is 0 Å². The van der Waals surface area contributed by atoms with Crippen LogP contribution >= 0.6 is 11.8 Å². The molecule has 0 saturated heterocycles. The Labute approximate surface area is 112 Å². The zero-order valence-electron chi connectivity index (χ0n) is 10.7. The molecule has 1 aromatic carbocycles. The first kappa shape index (κ1) is 13.0. The number of thioether (sulfide) groups is 1. The maximum atomic E-state index is 8.73. The fourth-order valence-corrected chi connectivity index (χ4v) is 3.16. The van der Waals surface area contributed by atoms with Crippen LogP contribution in [0.25, 0.3) is 0 Å². The van der Waals surface area contributed by atoms with Gasteiger partial charge in [-0.1, -0.05) is 25.6 Å². The number of aliphatic imine (C=N–C) groups is 1. The Morgan fingerprint density at radius 1 is 1.44 bits per heavy atom. The largest absolute Gasteiger partial charge is 0.335 e. The van der Waals surface area contributed by atoms with Crippen molar-refractivity contribution in [3.05, 3.63) is 29.8 Å². The van der Waals surface area contributed by atoms with Crippen LogP contribution in [0.15, 0.2) is 29.3 Å². The number of nitrogens with zero attached hydrogens (tertiary/aromatic N) is 2. The zero-order valence-corrected chi connectivity index (χ0v) is 11.5. The van der Waals surface area contributed by atoms with Gasteiger partial charge < -0.3 is 5.32 Å². The second-order valence-corrected chi connectivity index (χ2v) is 6.12. The second kappa shape index (κ2) is 5.92. The van der Waals surface area contributed by atoms with Crippen molar-refractivity contribution in [1.82, 2.24) is 0 Å². The average molecular weight is 259 g/mol. The molecule has 3 nitrogen and oxygen atoms in total. The molecular formula is C14H17N3S. The molecule has 1 aliphatic rings. The van der Waals surface area contributed by atoms with Crippen LogP contribution in [0.2, 0.25) is 0 Å². The van der Waals surface area contributed by atoms with Gasteiger partial charge in [0, 0.05) is 10.9 Å². The summed E-state index contributed by atoms with van der Waals surface area (Å²) >= 11 is 1.82. The van der Waals surface area contributed by atoms with Gasteiger partial charge in [0.05, 0.1) is 18.2 Å². The lowest BCUT2D eigenvalue weighted by molar-refractivity contribution is 0.575. The van der Waals surface area contributed by atoms with E-state index in [0.29, 0.717) is 16.7 Å². The van der Waals surface area contributed by atoms with Gasteiger partial charge in [0.1, 0.15) is 0 Å². The summed E-state index contributed by atoms with van der Waals surface area (Å²) in [6.45, 7) is 5.39. The van der Waals surface area contributed by atoms with E-state index in [9.17, 15) is 0 Å². The van der Waals surface area contributed by atoms with E-state index in [2.05, 4.69) is 30.2 Å². The number of hydrogen-bond acceptors (Lipinski definition) is 4. The van der Waals surface area contributed by atoms with Gasteiger partial charge >= 0.3 is 0 Å². The first-order chi connectivity index (χ1) is 8.67. The van der Waals surface area contributed by atoms with E-state index in [1.165, 1.54) is 6.42 Å². The number of benzene rings is 1. The molecule has 18 heavy (non-hydrogen) atoms. The molecule has 0 spiro atoms. The summed E-state index contributed by atoms with van der Waals surface area (Å²) in [7, 11) is 0. The fourth-order valence-electron chi connectivity index (χ4n) is 1.89. The molecule has 94 valence electrons. The van der Waals surface area contributed by atoms with Gasteiger partial charge in [-0.25, -0.2) is 0 Å². The standard InChI is InChI=1S/C14H17N3S/c1-10(2)7-13-9-16-14(18-13)17-12-5-3-11(8-15)4-6-12/h3-6,10,13H,7,9H2,1-2H3,(H,16,17). The van der Waals surface area contributed by atoms with Crippen molar-refractivity contribution >= 4 is 22.6 Å². The van der Waals surface area contributed by atoms with Crippen molar-refractivity contribution in [3.63, 3.8) is 0 Å². The monoisotopic (exact) mass is 259 g/mol. The molecule has 0 radical (unpaired) electrons. The van der Waals surface area contributed by atoms with Crippen molar-refractivity contribution in [3.8, 4) is 6.07 Å². The third-order valence-electron chi connectivity index (χ3n) is 2.72. The molecule has 1 unspecified atom stereocenters. The minimum atomic E-state index is 0.603. The maximum Gasteiger partial charge on any atom is 0.161 e. The molecule has 0 amide bonds. The minimum Gasteiger partial charge on any atom is -0.335 e. The van der Waals surface area contributed by atoms with Crippen molar-refractivity contribution in [2.75, 3.05) is 11.9 Å². The van der Waals surface area contributed by atoms with Gasteiger partial charge in [-0.15, -0.1) is 0 Å². The lowest BCUT2D eigenvalue weighted by atomic mass is 10.1. The van der Waals surface area contributed by atoms with E-state index in [1.807, 2.05) is 36.0 Å². The number of rotatable bonds is 3. The van der Waals surface area contributed by atoms with Crippen LogP contribution in [-0.4, -0.2) is 17.0 Å². The van der Waals surface area contributed by atoms with Crippen LogP contribution in [0.1, 0.15) is 25.8 Å². The molecule has 1 aliphatic heterocycles. The summed E-state index contributed by atoms with van der Waals surface area (Å²) in [6, 6.07) is 9.57. The topological polar surface area (TPSA) is 48.2 Å². The molecule has 0 fully saturated rings. The second-order valence-electron chi connectivity index (χ2n) is 4.83. The molecule has 0 saturated carbocycles. The SMILES string of the molecule is CC(C)CC1CN=C(Nc2ccc(C#N)cc2)S1. The Morgan fingerprint density at radius 3 is 2.78 bits per heavy atom. The predicted octanol–water partition coefficient (Wildman–Crippen LogP) is 3.49. The first-order valence-electron chi connectivity index (χ1n) is 6.15. The number of hydrogen-bond donors (Lipinski definition) is 1. The summed E-state index contributed by atoms with van der Waals surface area (Å²) in [6.07, 6.45) is 1.20. The molecule has 0 aromatic heterocycles. The summed E-state index contributed by atoms with van der Waals surface area (Å²) in [5, 5.41) is 13.6. The molecular weight excluding hydrogens is 242 g/mol. The van der Waals surface area contributed by atoms with Crippen LogP contribution in [0.4, 0.5) is 5.69 Å². The molecule has 0 aliphatic carbocycles. The lowest BCUT2D eigenvalue weighted by Crippen LogP contribution is -2.09. The van der Waals surface area contributed by atoms with E-state index in [1.54, 1.807) is 0 Å². The Bertz CT molecular complexity index is 471. The molecule has 2 rings (SSSR count). The number of anilines is 1. The highest BCUT2D eigenvalue weighted by molar-refractivity contribution is 8.15. The highest BCUT2D eigenvalue weighted by Crippen LogP contribution is 2.27. The third-order valence-corrected chi connectivity index (χ3v) is 3.85. The van der Waals surface area contributed by atoms with Crippen molar-refractivity contribution in [2.45, 2.75) is 25.5 Å². The van der Waals surface area contributed by atoms with Crippen molar-refractivity contribution in [2.24, 2.45) is 10.9 Å². The molecule has 4 heteroatoms. The Balaban J connectivity index is 1.89. The van der Waals surface area contributed by atoms with Crippen LogP contribution in [-0.2, 0) is 0 Å². The highest BCUT2D eigenvalue weighted by atomic mass is 32.2. The average Bonchev–Trinajstić information content (AvgIpc) is 2.76. The first-order valence-corrected chi connectivity index (χ1v) is 7.03. The third kappa shape index (κ3) is 3.51. The van der Waals surface area contributed by atoms with Crippen molar-refractivity contribution < 1.29 is 0 Å². The number of amidine groups is 1. The smallest absolute Gasteiger partial charge is 0.161 e. The normalized spacial score (nSPS) is 18.6. The molecule has 1 heterocycles. The number of nitriles is 1. The van der Waals surface area contributed by atoms with Gasteiger partial charge in [0.2, 0.25) is 0 Å². The summed E-state index contributed by atoms with van der Waals surface area (Å²) in [4.78, 5) is 4.51. The van der Waals surface area contributed by atoms with Gasteiger partial charge in [-0.3, -0.25) is 4.99 Å². The highest BCUT2D eigenvalue weighted by Gasteiger charge is 2.20. The quantitative estimate of drug-likeness (QED) is 0.904. The molecule has 1 atom stereocenters. The van der Waals surface area contributed by atoms with Gasteiger partial charge in [0.25, 0.3) is 0 Å². The zero-order chi connectivity index (χ0) is 13.0. The summed E-state index contributed by atoms with van der Waals surface area (Å²) < 4.78 is 0. The van der Waals surface area contributed by atoms with Crippen LogP contribution in [0.5, 0.6) is 0 Å². The van der Waals surface area contributed by atoms with E-state index in [0.717, 1.165) is 17.4 Å².